The summed E-state index contributed by atoms with van der Waals surface area (Å²) in [6.07, 6.45) is 4.42. The van der Waals surface area contributed by atoms with Crippen LogP contribution in [0.4, 0.5) is 0 Å². The molecule has 2 aliphatic rings. The van der Waals surface area contributed by atoms with Gasteiger partial charge in [0.1, 0.15) is 12.1 Å². The van der Waals surface area contributed by atoms with E-state index in [0.717, 1.165) is 80.4 Å². The van der Waals surface area contributed by atoms with Crippen molar-refractivity contribution < 1.29 is 18.6 Å². The normalized spacial score (nSPS) is 19.7. The van der Waals surface area contributed by atoms with Crippen molar-refractivity contribution in [1.82, 2.24) is 9.88 Å². The van der Waals surface area contributed by atoms with Crippen LogP contribution in [-0.4, -0.2) is 55.4 Å². The Balaban J connectivity index is 0.958. The van der Waals surface area contributed by atoms with E-state index in [9.17, 15) is 0 Å². The van der Waals surface area contributed by atoms with Gasteiger partial charge in [0.15, 0.2) is 29.1 Å². The van der Waals surface area contributed by atoms with E-state index in [4.69, 9.17) is 18.6 Å². The molecular formula is C25H30N2O4. The number of benzene rings is 2. The summed E-state index contributed by atoms with van der Waals surface area (Å²) in [5.74, 6) is 2.97. The number of piperidine rings is 1. The first kappa shape index (κ1) is 20.3. The van der Waals surface area contributed by atoms with E-state index in [1.54, 1.807) is 0 Å². The zero-order chi connectivity index (χ0) is 20.9. The van der Waals surface area contributed by atoms with Crippen molar-refractivity contribution in [1.29, 1.82) is 0 Å². The van der Waals surface area contributed by atoms with Crippen molar-refractivity contribution >= 4 is 11.1 Å². The van der Waals surface area contributed by atoms with Gasteiger partial charge in [-0.05, 0) is 69.6 Å². The molecule has 2 aromatic carbocycles. The van der Waals surface area contributed by atoms with Crippen LogP contribution < -0.4 is 9.47 Å². The highest BCUT2D eigenvalue weighted by atomic mass is 16.6. The molecule has 31 heavy (non-hydrogen) atoms. The quantitative estimate of drug-likeness (QED) is 0.493. The zero-order valence-corrected chi connectivity index (χ0v) is 17.9. The molecule has 1 atom stereocenters. The van der Waals surface area contributed by atoms with Gasteiger partial charge < -0.3 is 23.5 Å². The smallest absolute Gasteiger partial charge is 0.198 e. The van der Waals surface area contributed by atoms with Gasteiger partial charge in [0.2, 0.25) is 0 Å². The summed E-state index contributed by atoms with van der Waals surface area (Å²) in [5.41, 5.74) is 1.86. The largest absolute Gasteiger partial charge is 0.486 e. The Morgan fingerprint density at radius 2 is 1.77 bits per heavy atom. The maximum atomic E-state index is 5.97. The number of hydrogen-bond donors (Lipinski definition) is 0. The highest BCUT2D eigenvalue weighted by Gasteiger charge is 2.24. The monoisotopic (exact) mass is 422 g/mol. The fraction of sp³-hybridized carbons (Fsp3) is 0.480. The molecular weight excluding hydrogens is 392 g/mol. The van der Waals surface area contributed by atoms with E-state index in [1.807, 2.05) is 48.5 Å². The highest BCUT2D eigenvalue weighted by molar-refractivity contribution is 5.72. The van der Waals surface area contributed by atoms with Crippen LogP contribution in [-0.2, 0) is 4.74 Å². The number of fused-ring (bicyclic) bond motifs is 2. The third-order valence-corrected chi connectivity index (χ3v) is 6.13. The molecule has 1 fully saturated rings. The van der Waals surface area contributed by atoms with Gasteiger partial charge >= 0.3 is 0 Å². The first-order chi connectivity index (χ1) is 15.3. The summed E-state index contributed by atoms with van der Waals surface area (Å²) < 4.78 is 23.5. The number of para-hydroxylation sites is 4. The molecule has 164 valence electrons. The minimum absolute atomic E-state index is 0.0270. The number of hydrogen-bond acceptors (Lipinski definition) is 6. The summed E-state index contributed by atoms with van der Waals surface area (Å²) >= 11 is 0. The van der Waals surface area contributed by atoms with Gasteiger partial charge in [-0.2, -0.15) is 0 Å². The van der Waals surface area contributed by atoms with Crippen LogP contribution in [0.2, 0.25) is 0 Å². The predicted octanol–water partition coefficient (Wildman–Crippen LogP) is 4.64. The average Bonchev–Trinajstić information content (AvgIpc) is 3.26. The SMILES string of the molecule is c1ccc2c(c1)OCC(COCCCCN1CCC(c3nc4ccccc4o3)CC1)O2. The third kappa shape index (κ3) is 5.02. The van der Waals surface area contributed by atoms with E-state index in [-0.39, 0.29) is 6.10 Å². The second-order valence-electron chi connectivity index (χ2n) is 8.42. The molecule has 0 amide bonds. The number of ether oxygens (including phenoxy) is 3. The van der Waals surface area contributed by atoms with Crippen molar-refractivity contribution in [3.63, 3.8) is 0 Å². The van der Waals surface area contributed by atoms with Crippen molar-refractivity contribution in [2.24, 2.45) is 0 Å². The molecule has 1 unspecified atom stereocenters. The van der Waals surface area contributed by atoms with Crippen LogP contribution in [0.5, 0.6) is 11.5 Å². The molecule has 6 heteroatoms. The highest BCUT2D eigenvalue weighted by Crippen LogP contribution is 2.31. The van der Waals surface area contributed by atoms with Gasteiger partial charge in [-0.3, -0.25) is 0 Å². The molecule has 0 saturated carbocycles. The van der Waals surface area contributed by atoms with Crippen LogP contribution >= 0.6 is 0 Å². The Morgan fingerprint density at radius 1 is 0.968 bits per heavy atom. The molecule has 0 bridgehead atoms. The second-order valence-corrected chi connectivity index (χ2v) is 8.42. The van der Waals surface area contributed by atoms with Gasteiger partial charge in [0, 0.05) is 12.5 Å². The minimum atomic E-state index is -0.0270. The first-order valence-corrected chi connectivity index (χ1v) is 11.4. The van der Waals surface area contributed by atoms with Crippen LogP contribution in [0.3, 0.4) is 0 Å². The number of rotatable bonds is 8. The molecule has 2 aliphatic heterocycles. The molecule has 6 nitrogen and oxygen atoms in total. The Kier molecular flexibility index (Phi) is 6.37. The van der Waals surface area contributed by atoms with Gasteiger partial charge in [0.25, 0.3) is 0 Å². The van der Waals surface area contributed by atoms with E-state index < -0.39 is 0 Å². The fourth-order valence-electron chi connectivity index (χ4n) is 4.37. The van der Waals surface area contributed by atoms with Gasteiger partial charge in [-0.25, -0.2) is 4.98 Å². The van der Waals surface area contributed by atoms with E-state index in [0.29, 0.717) is 19.1 Å². The summed E-state index contributed by atoms with van der Waals surface area (Å²) in [6, 6.07) is 15.8. The lowest BCUT2D eigenvalue weighted by molar-refractivity contribution is 0.00736. The van der Waals surface area contributed by atoms with Crippen LogP contribution in [0.1, 0.15) is 37.5 Å². The lowest BCUT2D eigenvalue weighted by atomic mass is 9.96. The minimum Gasteiger partial charge on any atom is -0.486 e. The third-order valence-electron chi connectivity index (χ3n) is 6.13. The van der Waals surface area contributed by atoms with Crippen LogP contribution in [0.15, 0.2) is 52.9 Å². The second kappa shape index (κ2) is 9.71. The van der Waals surface area contributed by atoms with E-state index in [1.165, 1.54) is 0 Å². The summed E-state index contributed by atoms with van der Waals surface area (Å²) in [4.78, 5) is 7.24. The Hall–Kier alpha value is -2.57. The summed E-state index contributed by atoms with van der Waals surface area (Å²) in [7, 11) is 0. The van der Waals surface area contributed by atoms with Crippen LogP contribution in [0, 0.1) is 0 Å². The predicted molar refractivity (Wildman–Crippen MR) is 119 cm³/mol. The Morgan fingerprint density at radius 3 is 2.65 bits per heavy atom. The lowest BCUT2D eigenvalue weighted by Crippen LogP contribution is -2.34. The molecule has 0 aliphatic carbocycles. The Bertz CT molecular complexity index is 947. The molecule has 3 heterocycles. The number of nitrogens with zero attached hydrogens (tertiary/aromatic N) is 2. The summed E-state index contributed by atoms with van der Waals surface area (Å²) in [6.45, 7) is 5.23. The van der Waals surface area contributed by atoms with Crippen molar-refractivity contribution in [3.05, 3.63) is 54.4 Å². The lowest BCUT2D eigenvalue weighted by Gasteiger charge is -2.30. The maximum absolute atomic E-state index is 5.97. The number of oxazole rings is 1. The van der Waals surface area contributed by atoms with E-state index >= 15 is 0 Å². The molecule has 3 aromatic rings. The molecule has 1 aromatic heterocycles. The average molecular weight is 423 g/mol. The molecule has 0 radical (unpaired) electrons. The first-order valence-electron chi connectivity index (χ1n) is 11.4. The van der Waals surface area contributed by atoms with Crippen LogP contribution in [0.25, 0.3) is 11.1 Å². The van der Waals surface area contributed by atoms with Crippen molar-refractivity contribution in [3.8, 4) is 11.5 Å². The molecule has 1 saturated heterocycles. The number of aromatic nitrogens is 1. The van der Waals surface area contributed by atoms with Crippen molar-refractivity contribution in [2.75, 3.05) is 39.5 Å². The van der Waals surface area contributed by atoms with Gasteiger partial charge in [0.05, 0.1) is 6.61 Å². The Labute approximate surface area is 183 Å². The number of unbranched alkanes of at least 4 members (excludes halogenated alkanes) is 1. The summed E-state index contributed by atoms with van der Waals surface area (Å²) in [5, 5.41) is 0. The van der Waals surface area contributed by atoms with Crippen molar-refractivity contribution in [2.45, 2.75) is 37.7 Å². The van der Waals surface area contributed by atoms with Gasteiger partial charge in [-0.15, -0.1) is 0 Å². The standard InChI is InChI=1S/C25H30N2O4/c1-2-8-22-21(7-1)26-25(31-22)19-11-14-27(15-12-19)13-5-6-16-28-17-20-18-29-23-9-3-4-10-24(23)30-20/h1-4,7-10,19-20H,5-6,11-18H2. The molecule has 5 rings (SSSR count). The number of likely N-dealkylation sites (tertiary alicyclic amines) is 1. The topological polar surface area (TPSA) is 57.0 Å². The van der Waals surface area contributed by atoms with E-state index in [2.05, 4.69) is 9.88 Å². The fourth-order valence-corrected chi connectivity index (χ4v) is 4.37. The van der Waals surface area contributed by atoms with Gasteiger partial charge in [-0.1, -0.05) is 24.3 Å². The molecule has 0 spiro atoms. The maximum Gasteiger partial charge on any atom is 0.198 e. The molecule has 0 N–H and O–H groups in total. The zero-order valence-electron chi connectivity index (χ0n) is 17.9.